The summed E-state index contributed by atoms with van der Waals surface area (Å²) in [4.78, 5) is 0. The lowest BCUT2D eigenvalue weighted by molar-refractivity contribution is 0.304. The summed E-state index contributed by atoms with van der Waals surface area (Å²) < 4.78 is 12.1. The van der Waals surface area contributed by atoms with E-state index in [0.717, 1.165) is 21.5 Å². The second-order valence-corrected chi connectivity index (χ2v) is 5.68. The first kappa shape index (κ1) is 15.9. The Balaban J connectivity index is 2.03. The van der Waals surface area contributed by atoms with Gasteiger partial charge in [0.25, 0.3) is 0 Å². The molecule has 1 unspecified atom stereocenters. The van der Waals surface area contributed by atoms with Crippen LogP contribution in [0, 0.1) is 0 Å². The van der Waals surface area contributed by atoms with Crippen LogP contribution in [0.1, 0.15) is 24.1 Å². The van der Waals surface area contributed by atoms with Crippen molar-refractivity contribution in [1.82, 2.24) is 5.32 Å². The number of nitrogens with one attached hydrogen (secondary N) is 1. The maximum absolute atomic E-state index is 5.83. The smallest absolute Gasteiger partial charge is 0.119 e. The normalized spacial score (nSPS) is 12.0. The van der Waals surface area contributed by atoms with Gasteiger partial charge in [-0.1, -0.05) is 28.1 Å². The zero-order chi connectivity index (χ0) is 15.2. The van der Waals surface area contributed by atoms with E-state index in [9.17, 15) is 0 Å². The van der Waals surface area contributed by atoms with Crippen LogP contribution in [0.4, 0.5) is 0 Å². The molecule has 0 aliphatic heterocycles. The van der Waals surface area contributed by atoms with E-state index in [2.05, 4.69) is 40.3 Å². The lowest BCUT2D eigenvalue weighted by atomic mass is 10.1. The molecule has 0 spiro atoms. The summed E-state index contributed by atoms with van der Waals surface area (Å²) in [6, 6.07) is 14.4. The first-order valence-corrected chi connectivity index (χ1v) is 7.65. The number of benzene rings is 2. The second kappa shape index (κ2) is 7.48. The molecule has 0 fully saturated rings. The fourth-order valence-corrected chi connectivity index (χ4v) is 2.33. The summed E-state index contributed by atoms with van der Waals surface area (Å²) in [5.74, 6) is 1.69. The molecule has 2 rings (SSSR count). The van der Waals surface area contributed by atoms with E-state index in [1.54, 1.807) is 7.11 Å². The van der Waals surface area contributed by atoms with Gasteiger partial charge in [-0.25, -0.2) is 0 Å². The number of hydrogen-bond acceptors (Lipinski definition) is 3. The van der Waals surface area contributed by atoms with Gasteiger partial charge >= 0.3 is 0 Å². The highest BCUT2D eigenvalue weighted by molar-refractivity contribution is 9.10. The summed E-state index contributed by atoms with van der Waals surface area (Å²) in [5.41, 5.74) is 2.30. The number of halogens is 1. The van der Waals surface area contributed by atoms with E-state index >= 15 is 0 Å². The van der Waals surface area contributed by atoms with Crippen LogP contribution in [0.5, 0.6) is 11.5 Å². The number of ether oxygens (including phenoxy) is 2. The minimum Gasteiger partial charge on any atom is -0.497 e. The Labute approximate surface area is 134 Å². The molecule has 0 aliphatic rings. The van der Waals surface area contributed by atoms with Gasteiger partial charge in [0, 0.05) is 16.1 Å². The maximum atomic E-state index is 5.83. The van der Waals surface area contributed by atoms with Crippen LogP contribution in [0.25, 0.3) is 0 Å². The van der Waals surface area contributed by atoms with Crippen molar-refractivity contribution in [1.29, 1.82) is 0 Å². The molecule has 0 aliphatic carbocycles. The maximum Gasteiger partial charge on any atom is 0.119 e. The SMILES string of the molecule is CNC(C)c1ccc(OCc2cc(OC)ccc2Br)cc1. The van der Waals surface area contributed by atoms with Gasteiger partial charge in [0.15, 0.2) is 0 Å². The van der Waals surface area contributed by atoms with E-state index < -0.39 is 0 Å². The van der Waals surface area contributed by atoms with E-state index in [1.165, 1.54) is 5.56 Å². The van der Waals surface area contributed by atoms with Gasteiger partial charge in [0.05, 0.1) is 7.11 Å². The third-order valence-electron chi connectivity index (χ3n) is 3.46. The summed E-state index contributed by atoms with van der Waals surface area (Å²) in [6.07, 6.45) is 0. The predicted molar refractivity (Wildman–Crippen MR) is 88.9 cm³/mol. The van der Waals surface area contributed by atoms with Crippen molar-refractivity contribution in [3.63, 3.8) is 0 Å². The molecular formula is C17H20BrNO2. The van der Waals surface area contributed by atoms with Crippen LogP contribution >= 0.6 is 15.9 Å². The minimum absolute atomic E-state index is 0.339. The van der Waals surface area contributed by atoms with Gasteiger partial charge in [0.1, 0.15) is 18.1 Å². The minimum atomic E-state index is 0.339. The molecule has 1 N–H and O–H groups in total. The van der Waals surface area contributed by atoms with Gasteiger partial charge in [-0.15, -0.1) is 0 Å². The van der Waals surface area contributed by atoms with Crippen molar-refractivity contribution in [3.8, 4) is 11.5 Å². The molecule has 4 heteroatoms. The van der Waals surface area contributed by atoms with E-state index in [1.807, 2.05) is 37.4 Å². The van der Waals surface area contributed by atoms with Crippen LogP contribution < -0.4 is 14.8 Å². The van der Waals surface area contributed by atoms with E-state index in [4.69, 9.17) is 9.47 Å². The molecule has 0 aromatic heterocycles. The number of methoxy groups -OCH3 is 1. The number of hydrogen-bond donors (Lipinski definition) is 1. The summed E-state index contributed by atoms with van der Waals surface area (Å²) >= 11 is 3.53. The standard InChI is InChI=1S/C17H20BrNO2/c1-12(19-2)13-4-6-15(7-5-13)21-11-14-10-16(20-3)8-9-17(14)18/h4-10,12,19H,11H2,1-3H3. The topological polar surface area (TPSA) is 30.5 Å². The molecule has 1 atom stereocenters. The Morgan fingerprint density at radius 3 is 2.38 bits per heavy atom. The Morgan fingerprint density at radius 2 is 1.76 bits per heavy atom. The van der Waals surface area contributed by atoms with Crippen molar-refractivity contribution in [2.24, 2.45) is 0 Å². The first-order chi connectivity index (χ1) is 10.1. The molecular weight excluding hydrogens is 330 g/mol. The molecule has 21 heavy (non-hydrogen) atoms. The Hall–Kier alpha value is -1.52. The quantitative estimate of drug-likeness (QED) is 0.842. The molecule has 0 bridgehead atoms. The van der Waals surface area contributed by atoms with Crippen molar-refractivity contribution in [2.75, 3.05) is 14.2 Å². The molecule has 3 nitrogen and oxygen atoms in total. The Bertz CT molecular complexity index is 584. The van der Waals surface area contributed by atoms with Crippen LogP contribution in [0.2, 0.25) is 0 Å². The van der Waals surface area contributed by atoms with Crippen molar-refractivity contribution in [2.45, 2.75) is 19.6 Å². The largest absolute Gasteiger partial charge is 0.497 e. The summed E-state index contributed by atoms with van der Waals surface area (Å²) in [5, 5.41) is 3.22. The van der Waals surface area contributed by atoms with Gasteiger partial charge < -0.3 is 14.8 Å². The van der Waals surface area contributed by atoms with Crippen LogP contribution in [0.3, 0.4) is 0 Å². The zero-order valence-corrected chi connectivity index (χ0v) is 14.1. The average Bonchev–Trinajstić information content (AvgIpc) is 2.54. The molecule has 0 radical (unpaired) electrons. The highest BCUT2D eigenvalue weighted by Gasteiger charge is 2.05. The van der Waals surface area contributed by atoms with Gasteiger partial charge in [-0.2, -0.15) is 0 Å². The lowest BCUT2D eigenvalue weighted by Gasteiger charge is -2.12. The van der Waals surface area contributed by atoms with Crippen LogP contribution in [-0.2, 0) is 6.61 Å². The second-order valence-electron chi connectivity index (χ2n) is 4.83. The van der Waals surface area contributed by atoms with Crippen LogP contribution in [0.15, 0.2) is 46.9 Å². The highest BCUT2D eigenvalue weighted by atomic mass is 79.9. The summed E-state index contributed by atoms with van der Waals surface area (Å²) in [7, 11) is 3.62. The van der Waals surface area contributed by atoms with Crippen molar-refractivity contribution >= 4 is 15.9 Å². The third-order valence-corrected chi connectivity index (χ3v) is 4.23. The molecule has 112 valence electrons. The van der Waals surface area contributed by atoms with Gasteiger partial charge in [-0.3, -0.25) is 0 Å². The fourth-order valence-electron chi connectivity index (χ4n) is 1.97. The van der Waals surface area contributed by atoms with E-state index in [0.29, 0.717) is 12.6 Å². The Kier molecular flexibility index (Phi) is 5.65. The summed E-state index contributed by atoms with van der Waals surface area (Å²) in [6.45, 7) is 2.63. The van der Waals surface area contributed by atoms with Crippen LogP contribution in [-0.4, -0.2) is 14.2 Å². The third kappa shape index (κ3) is 4.22. The van der Waals surface area contributed by atoms with Gasteiger partial charge in [-0.05, 0) is 49.9 Å². The first-order valence-electron chi connectivity index (χ1n) is 6.86. The predicted octanol–water partition coefficient (Wildman–Crippen LogP) is 4.32. The monoisotopic (exact) mass is 349 g/mol. The molecule has 0 amide bonds. The molecule has 0 heterocycles. The zero-order valence-electron chi connectivity index (χ0n) is 12.5. The Morgan fingerprint density at radius 1 is 1.10 bits per heavy atom. The van der Waals surface area contributed by atoms with Gasteiger partial charge in [0.2, 0.25) is 0 Å². The molecule has 2 aromatic carbocycles. The molecule has 2 aromatic rings. The fraction of sp³-hybridized carbons (Fsp3) is 0.294. The number of rotatable bonds is 6. The lowest BCUT2D eigenvalue weighted by Crippen LogP contribution is -2.11. The van der Waals surface area contributed by atoms with Crippen molar-refractivity contribution in [3.05, 3.63) is 58.1 Å². The highest BCUT2D eigenvalue weighted by Crippen LogP contribution is 2.24. The molecule has 0 saturated heterocycles. The average molecular weight is 350 g/mol. The van der Waals surface area contributed by atoms with E-state index in [-0.39, 0.29) is 0 Å². The molecule has 0 saturated carbocycles. The van der Waals surface area contributed by atoms with Crippen molar-refractivity contribution < 1.29 is 9.47 Å².